The summed E-state index contributed by atoms with van der Waals surface area (Å²) in [6, 6.07) is -0.533. The number of anilines is 2. The van der Waals surface area contributed by atoms with Crippen molar-refractivity contribution in [1.82, 2.24) is 31.0 Å². The van der Waals surface area contributed by atoms with Crippen LogP contribution in [0.15, 0.2) is 0 Å². The Morgan fingerprint density at radius 1 is 0.700 bits per heavy atom. The molecule has 2 rings (SSSR count). The molecule has 0 atom stereocenters. The van der Waals surface area contributed by atoms with Gasteiger partial charge in [0, 0.05) is 24.9 Å². The highest BCUT2D eigenvalue weighted by molar-refractivity contribution is 7.15. The maximum Gasteiger partial charge on any atom is 0.321 e. The molecule has 0 fully saturated rings. The zero-order valence-electron chi connectivity index (χ0n) is 17.8. The molecule has 0 spiro atoms. The molecule has 12 heteroatoms. The molecule has 0 aliphatic heterocycles. The zero-order chi connectivity index (χ0) is 21.9. The van der Waals surface area contributed by atoms with Crippen LogP contribution in [0, 0.1) is 0 Å². The number of carbonyl (C=O) groups excluding carboxylic acids is 2. The molecule has 0 aliphatic rings. The molecule has 0 radical (unpaired) electrons. The van der Waals surface area contributed by atoms with Gasteiger partial charge in [-0.1, -0.05) is 63.2 Å². The third-order valence-electron chi connectivity index (χ3n) is 3.98. The van der Waals surface area contributed by atoms with Crippen molar-refractivity contribution in [1.29, 1.82) is 0 Å². The van der Waals surface area contributed by atoms with Gasteiger partial charge in [0.2, 0.25) is 10.3 Å². The lowest BCUT2D eigenvalue weighted by Crippen LogP contribution is -2.30. The van der Waals surface area contributed by atoms with Crippen molar-refractivity contribution < 1.29 is 9.59 Å². The maximum absolute atomic E-state index is 11.8. The number of unbranched alkanes of at least 4 members (excludes halogenated alkanes) is 3. The van der Waals surface area contributed by atoms with E-state index in [1.165, 1.54) is 22.7 Å². The first-order valence-corrected chi connectivity index (χ1v) is 11.7. The van der Waals surface area contributed by atoms with Gasteiger partial charge in [0.15, 0.2) is 0 Å². The van der Waals surface area contributed by atoms with Gasteiger partial charge in [0.1, 0.15) is 10.0 Å². The Morgan fingerprint density at radius 2 is 1.10 bits per heavy atom. The van der Waals surface area contributed by atoms with Crippen LogP contribution in [0.3, 0.4) is 0 Å². The molecule has 0 bridgehead atoms. The number of rotatable bonds is 11. The van der Waals surface area contributed by atoms with E-state index in [4.69, 9.17) is 0 Å². The Hall–Kier alpha value is -2.34. The number of urea groups is 2. The second kappa shape index (κ2) is 12.4. The van der Waals surface area contributed by atoms with Gasteiger partial charge >= 0.3 is 12.1 Å². The van der Waals surface area contributed by atoms with Crippen molar-refractivity contribution >= 4 is 45.0 Å². The number of nitrogens with zero attached hydrogens (tertiary/aromatic N) is 4. The van der Waals surface area contributed by atoms with E-state index in [1.54, 1.807) is 0 Å². The molecule has 0 aromatic carbocycles. The van der Waals surface area contributed by atoms with E-state index in [0.29, 0.717) is 35.2 Å². The Kier molecular flexibility index (Phi) is 9.87. The average Bonchev–Trinajstić information content (AvgIpc) is 3.33. The van der Waals surface area contributed by atoms with E-state index in [1.807, 2.05) is 27.7 Å². The Bertz CT molecular complexity index is 739. The number of hydrogen-bond donors (Lipinski definition) is 4. The quantitative estimate of drug-likeness (QED) is 0.377. The molecule has 2 aromatic heterocycles. The number of hydrogen-bond acceptors (Lipinski definition) is 8. The van der Waals surface area contributed by atoms with E-state index in [0.717, 1.165) is 35.7 Å². The minimum atomic E-state index is -0.267. The molecular formula is C18H30N8O2S2. The monoisotopic (exact) mass is 454 g/mol. The van der Waals surface area contributed by atoms with Crippen LogP contribution >= 0.6 is 22.7 Å². The van der Waals surface area contributed by atoms with Gasteiger partial charge in [0.05, 0.1) is 0 Å². The summed E-state index contributed by atoms with van der Waals surface area (Å²) in [7, 11) is 0. The molecule has 166 valence electrons. The molecular weight excluding hydrogens is 424 g/mol. The molecule has 4 amide bonds. The SMILES string of the molecule is CC(C)c1nnc(NC(=O)NCCCCCCNC(=O)Nc2nnc(C(C)C)s2)s1. The fraction of sp³-hybridized carbons (Fsp3) is 0.667. The Balaban J connectivity index is 1.47. The predicted molar refractivity (Wildman–Crippen MR) is 121 cm³/mol. The summed E-state index contributed by atoms with van der Waals surface area (Å²) in [5, 5.41) is 29.8. The van der Waals surface area contributed by atoms with Crippen LogP contribution in [-0.4, -0.2) is 45.5 Å². The van der Waals surface area contributed by atoms with E-state index >= 15 is 0 Å². The van der Waals surface area contributed by atoms with Gasteiger partial charge < -0.3 is 10.6 Å². The van der Waals surface area contributed by atoms with Gasteiger partial charge in [-0.3, -0.25) is 10.6 Å². The van der Waals surface area contributed by atoms with Crippen LogP contribution in [-0.2, 0) is 0 Å². The summed E-state index contributed by atoms with van der Waals surface area (Å²) < 4.78 is 0. The number of carbonyl (C=O) groups is 2. The first kappa shape index (κ1) is 23.9. The highest BCUT2D eigenvalue weighted by Crippen LogP contribution is 2.22. The fourth-order valence-corrected chi connectivity index (χ4v) is 3.81. The van der Waals surface area contributed by atoms with Gasteiger partial charge in [-0.15, -0.1) is 20.4 Å². The Labute approximate surface area is 184 Å². The summed E-state index contributed by atoms with van der Waals surface area (Å²) in [5.41, 5.74) is 0. The van der Waals surface area contributed by atoms with Gasteiger partial charge in [0.25, 0.3) is 0 Å². The molecule has 2 heterocycles. The fourth-order valence-electron chi connectivity index (χ4n) is 2.33. The highest BCUT2D eigenvalue weighted by atomic mass is 32.1. The standard InChI is InChI=1S/C18H30N8O2S2/c1-11(2)13-23-25-17(29-13)21-15(27)19-9-7-5-6-8-10-20-16(28)22-18-26-24-14(30-18)12(3)4/h11-12H,5-10H2,1-4H3,(H2,19,21,25,27)(H2,20,22,26,28). The normalized spacial score (nSPS) is 11.0. The van der Waals surface area contributed by atoms with Crippen molar-refractivity contribution in [3.05, 3.63) is 10.0 Å². The van der Waals surface area contributed by atoms with E-state index in [9.17, 15) is 9.59 Å². The van der Waals surface area contributed by atoms with Crippen molar-refractivity contribution in [2.75, 3.05) is 23.7 Å². The summed E-state index contributed by atoms with van der Waals surface area (Å²) in [6.45, 7) is 9.32. The average molecular weight is 455 g/mol. The molecule has 0 saturated carbocycles. The zero-order valence-corrected chi connectivity index (χ0v) is 19.5. The molecule has 0 aliphatic carbocycles. The Morgan fingerprint density at radius 3 is 1.43 bits per heavy atom. The molecule has 2 aromatic rings. The van der Waals surface area contributed by atoms with Crippen LogP contribution in [0.4, 0.5) is 19.9 Å². The van der Waals surface area contributed by atoms with E-state index < -0.39 is 0 Å². The highest BCUT2D eigenvalue weighted by Gasteiger charge is 2.11. The first-order chi connectivity index (χ1) is 14.3. The van der Waals surface area contributed by atoms with Crippen molar-refractivity contribution in [2.45, 2.75) is 65.2 Å². The third-order valence-corrected chi connectivity index (χ3v) is 6.26. The maximum atomic E-state index is 11.8. The number of nitrogens with one attached hydrogen (secondary N) is 4. The molecule has 30 heavy (non-hydrogen) atoms. The van der Waals surface area contributed by atoms with Crippen molar-refractivity contribution in [3.63, 3.8) is 0 Å². The van der Waals surface area contributed by atoms with Gasteiger partial charge in [-0.05, 0) is 12.8 Å². The molecule has 10 nitrogen and oxygen atoms in total. The topological polar surface area (TPSA) is 134 Å². The van der Waals surface area contributed by atoms with Crippen LogP contribution in [0.2, 0.25) is 0 Å². The smallest absolute Gasteiger partial charge is 0.321 e. The number of amides is 4. The van der Waals surface area contributed by atoms with Crippen molar-refractivity contribution in [3.8, 4) is 0 Å². The first-order valence-electron chi connectivity index (χ1n) is 10.1. The molecule has 0 unspecified atom stereocenters. The van der Waals surface area contributed by atoms with Crippen LogP contribution in [0.1, 0.15) is 75.2 Å². The summed E-state index contributed by atoms with van der Waals surface area (Å²) in [5.74, 6) is 0.590. The minimum Gasteiger partial charge on any atom is -0.338 e. The summed E-state index contributed by atoms with van der Waals surface area (Å²) >= 11 is 2.77. The third kappa shape index (κ3) is 8.57. The second-order valence-corrected chi connectivity index (χ2v) is 9.39. The van der Waals surface area contributed by atoms with Crippen LogP contribution < -0.4 is 21.3 Å². The van der Waals surface area contributed by atoms with E-state index in [-0.39, 0.29) is 12.1 Å². The van der Waals surface area contributed by atoms with Crippen LogP contribution in [0.25, 0.3) is 0 Å². The summed E-state index contributed by atoms with van der Waals surface area (Å²) in [4.78, 5) is 23.7. The lowest BCUT2D eigenvalue weighted by atomic mass is 10.2. The molecule has 4 N–H and O–H groups in total. The summed E-state index contributed by atoms with van der Waals surface area (Å²) in [6.07, 6.45) is 3.67. The number of aromatic nitrogens is 4. The largest absolute Gasteiger partial charge is 0.338 e. The van der Waals surface area contributed by atoms with Crippen LogP contribution in [0.5, 0.6) is 0 Å². The predicted octanol–water partition coefficient (Wildman–Crippen LogP) is 4.14. The minimum absolute atomic E-state index is 0.267. The van der Waals surface area contributed by atoms with Gasteiger partial charge in [-0.25, -0.2) is 9.59 Å². The van der Waals surface area contributed by atoms with Crippen molar-refractivity contribution in [2.24, 2.45) is 0 Å². The lowest BCUT2D eigenvalue weighted by molar-refractivity contribution is 0.250. The van der Waals surface area contributed by atoms with E-state index in [2.05, 4.69) is 41.7 Å². The molecule has 0 saturated heterocycles. The van der Waals surface area contributed by atoms with Gasteiger partial charge in [-0.2, -0.15) is 0 Å². The lowest BCUT2D eigenvalue weighted by Gasteiger charge is -2.06. The second-order valence-electron chi connectivity index (χ2n) is 7.38.